The van der Waals surface area contributed by atoms with Crippen LogP contribution in [0.3, 0.4) is 0 Å². The van der Waals surface area contributed by atoms with Crippen molar-refractivity contribution in [2.24, 2.45) is 0 Å². The van der Waals surface area contributed by atoms with Crippen molar-refractivity contribution in [3.8, 4) is 0 Å². The maximum absolute atomic E-state index is 12.6. The number of aromatic nitrogens is 2. The van der Waals surface area contributed by atoms with Gasteiger partial charge in [-0.1, -0.05) is 6.07 Å². The summed E-state index contributed by atoms with van der Waals surface area (Å²) in [4.78, 5) is 19.7. The molecule has 1 heterocycles. The summed E-state index contributed by atoms with van der Waals surface area (Å²) in [6.07, 6.45) is -1.82. The Kier molecular flexibility index (Phi) is 4.06. The zero-order valence-corrected chi connectivity index (χ0v) is 10.9. The summed E-state index contributed by atoms with van der Waals surface area (Å²) in [5.41, 5.74) is -0.805. The molecule has 0 saturated carbocycles. The Morgan fingerprint density at radius 2 is 2.00 bits per heavy atom. The van der Waals surface area contributed by atoms with Crippen LogP contribution in [0.1, 0.15) is 16.1 Å². The third-order valence-electron chi connectivity index (χ3n) is 2.57. The molecule has 0 unspecified atom stereocenters. The van der Waals surface area contributed by atoms with Gasteiger partial charge in [0.05, 0.1) is 18.0 Å². The fourth-order valence-corrected chi connectivity index (χ4v) is 1.56. The van der Waals surface area contributed by atoms with Gasteiger partial charge in [0.25, 0.3) is 5.91 Å². The molecule has 110 valence electrons. The first-order valence-electron chi connectivity index (χ1n) is 5.88. The van der Waals surface area contributed by atoms with Gasteiger partial charge in [0, 0.05) is 12.7 Å². The van der Waals surface area contributed by atoms with Crippen LogP contribution in [-0.2, 0) is 6.18 Å². The molecule has 1 amide bonds. The second-order valence-electron chi connectivity index (χ2n) is 4.07. The Morgan fingerprint density at radius 3 is 2.67 bits per heavy atom. The van der Waals surface area contributed by atoms with E-state index in [1.807, 2.05) is 0 Å². The van der Waals surface area contributed by atoms with E-state index in [1.165, 1.54) is 24.5 Å². The van der Waals surface area contributed by atoms with Crippen molar-refractivity contribution in [2.75, 3.05) is 17.7 Å². The number of benzene rings is 1. The molecule has 2 aromatic rings. The first-order chi connectivity index (χ1) is 9.90. The Hall–Kier alpha value is -2.64. The van der Waals surface area contributed by atoms with E-state index in [2.05, 4.69) is 20.6 Å². The molecule has 5 nitrogen and oxygen atoms in total. The molecule has 0 fully saturated rings. The third-order valence-corrected chi connectivity index (χ3v) is 2.57. The number of carbonyl (C=O) groups excluding carboxylic acids is 1. The Morgan fingerprint density at radius 1 is 1.24 bits per heavy atom. The van der Waals surface area contributed by atoms with E-state index < -0.39 is 17.6 Å². The van der Waals surface area contributed by atoms with Crippen LogP contribution in [0, 0.1) is 0 Å². The number of carbonyl (C=O) groups is 1. The lowest BCUT2D eigenvalue weighted by molar-refractivity contribution is -0.137. The third kappa shape index (κ3) is 3.68. The molecule has 21 heavy (non-hydrogen) atoms. The lowest BCUT2D eigenvalue weighted by Gasteiger charge is -2.09. The summed E-state index contributed by atoms with van der Waals surface area (Å²) in [5.74, 6) is -0.259. The number of anilines is 2. The zero-order chi connectivity index (χ0) is 15.5. The summed E-state index contributed by atoms with van der Waals surface area (Å²) in [6, 6.07) is 4.36. The quantitative estimate of drug-likeness (QED) is 0.914. The zero-order valence-electron chi connectivity index (χ0n) is 10.9. The Balaban J connectivity index is 2.19. The Bertz CT molecular complexity index is 658. The van der Waals surface area contributed by atoms with E-state index in [9.17, 15) is 18.0 Å². The second-order valence-corrected chi connectivity index (χ2v) is 4.07. The molecule has 0 aliphatic heterocycles. The summed E-state index contributed by atoms with van der Waals surface area (Å²) in [6.45, 7) is 0. The summed E-state index contributed by atoms with van der Waals surface area (Å²) in [7, 11) is 1.61. The molecule has 0 atom stereocenters. The van der Waals surface area contributed by atoms with Gasteiger partial charge in [-0.05, 0) is 18.2 Å². The van der Waals surface area contributed by atoms with Crippen molar-refractivity contribution < 1.29 is 18.0 Å². The molecule has 0 aliphatic carbocycles. The van der Waals surface area contributed by atoms with E-state index in [0.29, 0.717) is 5.82 Å². The lowest BCUT2D eigenvalue weighted by Crippen LogP contribution is -2.15. The number of rotatable bonds is 3. The van der Waals surface area contributed by atoms with Crippen LogP contribution in [0.15, 0.2) is 36.7 Å². The summed E-state index contributed by atoms with van der Waals surface area (Å²) < 4.78 is 37.8. The second kappa shape index (κ2) is 5.78. The van der Waals surface area contributed by atoms with Crippen molar-refractivity contribution in [1.29, 1.82) is 0 Å². The molecule has 2 N–H and O–H groups in total. The molecule has 1 aromatic carbocycles. The molecule has 0 spiro atoms. The summed E-state index contributed by atoms with van der Waals surface area (Å²) >= 11 is 0. The highest BCUT2D eigenvalue weighted by Crippen LogP contribution is 2.30. The minimum atomic E-state index is -4.47. The van der Waals surface area contributed by atoms with Gasteiger partial charge in [-0.3, -0.25) is 9.78 Å². The standard InChI is InChI=1S/C13H11F3N4O/c1-17-11-7-18-6-10(20-11)12(21)19-9-4-2-3-8(5-9)13(14,15)16/h2-7H,1H3,(H,17,20)(H,19,21). The highest BCUT2D eigenvalue weighted by Gasteiger charge is 2.30. The van der Waals surface area contributed by atoms with Gasteiger partial charge in [-0.25, -0.2) is 4.98 Å². The molecular weight excluding hydrogens is 285 g/mol. The van der Waals surface area contributed by atoms with Crippen molar-refractivity contribution in [1.82, 2.24) is 9.97 Å². The van der Waals surface area contributed by atoms with Gasteiger partial charge in [-0.2, -0.15) is 13.2 Å². The predicted molar refractivity (Wildman–Crippen MR) is 71.0 cm³/mol. The van der Waals surface area contributed by atoms with Gasteiger partial charge in [-0.15, -0.1) is 0 Å². The monoisotopic (exact) mass is 296 g/mol. The number of alkyl halides is 3. The first-order valence-corrected chi connectivity index (χ1v) is 5.88. The predicted octanol–water partition coefficient (Wildman–Crippen LogP) is 2.79. The highest BCUT2D eigenvalue weighted by molar-refractivity contribution is 6.02. The van der Waals surface area contributed by atoms with Crippen LogP contribution in [0.5, 0.6) is 0 Å². The van der Waals surface area contributed by atoms with Crippen LogP contribution >= 0.6 is 0 Å². The topological polar surface area (TPSA) is 66.9 Å². The Labute approximate surface area is 118 Å². The van der Waals surface area contributed by atoms with E-state index in [0.717, 1.165) is 12.1 Å². The van der Waals surface area contributed by atoms with Crippen molar-refractivity contribution in [3.05, 3.63) is 47.9 Å². The van der Waals surface area contributed by atoms with Crippen molar-refractivity contribution >= 4 is 17.4 Å². The average molecular weight is 296 g/mol. The maximum Gasteiger partial charge on any atom is 0.416 e. The molecule has 0 radical (unpaired) electrons. The largest absolute Gasteiger partial charge is 0.416 e. The fraction of sp³-hybridized carbons (Fsp3) is 0.154. The van der Waals surface area contributed by atoms with Crippen LogP contribution in [-0.4, -0.2) is 22.9 Å². The van der Waals surface area contributed by atoms with Gasteiger partial charge in [0.15, 0.2) is 0 Å². The normalized spacial score (nSPS) is 11.0. The molecule has 1 aromatic heterocycles. The number of halogens is 3. The van der Waals surface area contributed by atoms with Gasteiger partial charge < -0.3 is 10.6 Å². The average Bonchev–Trinajstić information content (AvgIpc) is 2.46. The van der Waals surface area contributed by atoms with Crippen LogP contribution in [0.4, 0.5) is 24.7 Å². The maximum atomic E-state index is 12.6. The van der Waals surface area contributed by atoms with E-state index in [4.69, 9.17) is 0 Å². The van der Waals surface area contributed by atoms with E-state index in [1.54, 1.807) is 7.05 Å². The first kappa shape index (κ1) is 14.8. The van der Waals surface area contributed by atoms with E-state index >= 15 is 0 Å². The van der Waals surface area contributed by atoms with Crippen LogP contribution in [0.2, 0.25) is 0 Å². The van der Waals surface area contributed by atoms with Crippen molar-refractivity contribution in [2.45, 2.75) is 6.18 Å². The molecule has 0 aliphatic rings. The van der Waals surface area contributed by atoms with Crippen molar-refractivity contribution in [3.63, 3.8) is 0 Å². The molecule has 0 bridgehead atoms. The number of nitrogens with zero attached hydrogens (tertiary/aromatic N) is 2. The van der Waals surface area contributed by atoms with Gasteiger partial charge in [0.2, 0.25) is 0 Å². The molecule has 2 rings (SSSR count). The number of hydrogen-bond acceptors (Lipinski definition) is 4. The number of nitrogens with one attached hydrogen (secondary N) is 2. The lowest BCUT2D eigenvalue weighted by atomic mass is 10.2. The minimum absolute atomic E-state index is 0.000684. The molecular formula is C13H11F3N4O. The fourth-order valence-electron chi connectivity index (χ4n) is 1.56. The van der Waals surface area contributed by atoms with Gasteiger partial charge >= 0.3 is 6.18 Å². The highest BCUT2D eigenvalue weighted by atomic mass is 19.4. The van der Waals surface area contributed by atoms with Crippen LogP contribution in [0.25, 0.3) is 0 Å². The number of hydrogen-bond donors (Lipinski definition) is 2. The van der Waals surface area contributed by atoms with Crippen LogP contribution < -0.4 is 10.6 Å². The number of amides is 1. The minimum Gasteiger partial charge on any atom is -0.372 e. The SMILES string of the molecule is CNc1cncc(C(=O)Nc2cccc(C(F)(F)F)c2)n1. The van der Waals surface area contributed by atoms with E-state index in [-0.39, 0.29) is 11.4 Å². The van der Waals surface area contributed by atoms with Gasteiger partial charge in [0.1, 0.15) is 11.5 Å². The summed E-state index contributed by atoms with van der Waals surface area (Å²) in [5, 5.41) is 5.07. The smallest absolute Gasteiger partial charge is 0.372 e. The molecule has 8 heteroatoms. The molecule has 0 saturated heterocycles.